The fourth-order valence-electron chi connectivity index (χ4n) is 3.98. The average Bonchev–Trinajstić information content (AvgIpc) is 3.48. The number of piperazine rings is 1. The van der Waals surface area contributed by atoms with Gasteiger partial charge in [-0.25, -0.2) is 4.98 Å². The molecule has 0 aliphatic carbocycles. The van der Waals surface area contributed by atoms with Gasteiger partial charge in [-0.1, -0.05) is 23.9 Å². The van der Waals surface area contributed by atoms with Crippen LogP contribution in [0, 0.1) is 6.92 Å². The SMILES string of the molecule is Cc1ccc2nc(SCc3ccc(C(=O)N4CCN(c5cccc(C(F)(F)F)c5)CC4)o3)oc2c1. The maximum absolute atomic E-state index is 13.0. The van der Waals surface area contributed by atoms with E-state index in [1.54, 1.807) is 23.1 Å². The van der Waals surface area contributed by atoms with Crippen LogP contribution in [0.15, 0.2) is 68.7 Å². The molecule has 1 aliphatic rings. The van der Waals surface area contributed by atoms with Gasteiger partial charge < -0.3 is 18.6 Å². The van der Waals surface area contributed by atoms with Crippen molar-refractivity contribution in [2.45, 2.75) is 24.1 Å². The third-order valence-electron chi connectivity index (χ3n) is 5.84. The molecule has 5 rings (SSSR count). The minimum atomic E-state index is -4.39. The number of aryl methyl sites for hydroxylation is 1. The summed E-state index contributed by atoms with van der Waals surface area (Å²) in [5, 5.41) is 0.528. The Morgan fingerprint density at radius 1 is 1.03 bits per heavy atom. The van der Waals surface area contributed by atoms with E-state index in [9.17, 15) is 18.0 Å². The van der Waals surface area contributed by atoms with E-state index >= 15 is 0 Å². The number of hydrogen-bond acceptors (Lipinski definition) is 6. The van der Waals surface area contributed by atoms with Gasteiger partial charge in [0.15, 0.2) is 11.3 Å². The van der Waals surface area contributed by atoms with Gasteiger partial charge in [-0.05, 0) is 55.0 Å². The summed E-state index contributed by atoms with van der Waals surface area (Å²) in [6.07, 6.45) is -4.39. The van der Waals surface area contributed by atoms with Gasteiger partial charge in [0, 0.05) is 31.9 Å². The second kappa shape index (κ2) is 9.33. The molecule has 35 heavy (non-hydrogen) atoms. The molecule has 0 atom stereocenters. The highest BCUT2D eigenvalue weighted by molar-refractivity contribution is 7.98. The normalized spacial score (nSPS) is 14.6. The third-order valence-corrected chi connectivity index (χ3v) is 6.69. The van der Waals surface area contributed by atoms with Crippen molar-refractivity contribution in [2.24, 2.45) is 0 Å². The third kappa shape index (κ3) is 5.17. The molecule has 0 bridgehead atoms. The van der Waals surface area contributed by atoms with E-state index in [0.29, 0.717) is 48.6 Å². The molecule has 10 heteroatoms. The second-order valence-electron chi connectivity index (χ2n) is 8.33. The Labute approximate surface area is 203 Å². The van der Waals surface area contributed by atoms with Crippen LogP contribution in [-0.4, -0.2) is 42.0 Å². The maximum Gasteiger partial charge on any atom is 0.416 e. The summed E-state index contributed by atoms with van der Waals surface area (Å²) in [7, 11) is 0. The van der Waals surface area contributed by atoms with Crippen LogP contribution in [0.5, 0.6) is 0 Å². The van der Waals surface area contributed by atoms with Crippen LogP contribution in [0.1, 0.15) is 27.4 Å². The number of anilines is 1. The van der Waals surface area contributed by atoms with Gasteiger partial charge in [0.05, 0.1) is 11.3 Å². The lowest BCUT2D eigenvalue weighted by Crippen LogP contribution is -2.48. The summed E-state index contributed by atoms with van der Waals surface area (Å²) in [6.45, 7) is 3.65. The van der Waals surface area contributed by atoms with Crippen molar-refractivity contribution in [3.05, 3.63) is 77.2 Å². The Balaban J connectivity index is 1.17. The molecule has 1 aliphatic heterocycles. The molecule has 1 amide bonds. The van der Waals surface area contributed by atoms with E-state index < -0.39 is 11.7 Å². The lowest BCUT2D eigenvalue weighted by Gasteiger charge is -2.36. The largest absolute Gasteiger partial charge is 0.455 e. The summed E-state index contributed by atoms with van der Waals surface area (Å²) in [5.41, 5.74) is 2.43. The topological polar surface area (TPSA) is 62.7 Å². The molecule has 4 aromatic rings. The molecule has 0 unspecified atom stereocenters. The van der Waals surface area contributed by atoms with Gasteiger partial charge in [0.25, 0.3) is 11.1 Å². The number of carbonyl (C=O) groups excluding carboxylic acids is 1. The highest BCUT2D eigenvalue weighted by Gasteiger charge is 2.31. The fraction of sp³-hybridized carbons (Fsp3) is 0.280. The van der Waals surface area contributed by atoms with Crippen molar-refractivity contribution in [1.82, 2.24) is 9.88 Å². The first-order chi connectivity index (χ1) is 16.8. The van der Waals surface area contributed by atoms with Crippen molar-refractivity contribution in [1.29, 1.82) is 0 Å². The molecule has 0 spiro atoms. The molecular formula is C25H22F3N3O3S. The van der Waals surface area contributed by atoms with Crippen LogP contribution in [0.25, 0.3) is 11.1 Å². The molecule has 182 valence electrons. The number of fused-ring (bicyclic) bond motifs is 1. The van der Waals surface area contributed by atoms with Crippen molar-refractivity contribution in [3.8, 4) is 0 Å². The van der Waals surface area contributed by atoms with Crippen LogP contribution in [-0.2, 0) is 11.9 Å². The summed E-state index contributed by atoms with van der Waals surface area (Å²) in [5.74, 6) is 1.09. The summed E-state index contributed by atoms with van der Waals surface area (Å²) >= 11 is 1.38. The first-order valence-corrected chi connectivity index (χ1v) is 12.0. The number of furan rings is 1. The van der Waals surface area contributed by atoms with E-state index in [2.05, 4.69) is 4.98 Å². The molecular weight excluding hydrogens is 479 g/mol. The van der Waals surface area contributed by atoms with E-state index in [4.69, 9.17) is 8.83 Å². The molecule has 2 aromatic carbocycles. The number of halogens is 3. The number of oxazole rings is 1. The number of amides is 1. The zero-order chi connectivity index (χ0) is 24.6. The van der Waals surface area contributed by atoms with Gasteiger partial charge in [0.2, 0.25) is 0 Å². The standard InChI is InChI=1S/C25H22F3N3O3S/c1-16-5-7-20-22(13-16)34-24(29-20)35-15-19-6-8-21(33-19)23(32)31-11-9-30(10-12-31)18-4-2-3-17(14-18)25(26,27)28/h2-8,13-14H,9-12,15H2,1H3. The number of thioether (sulfide) groups is 1. The van der Waals surface area contributed by atoms with Crippen molar-refractivity contribution in [2.75, 3.05) is 31.1 Å². The molecule has 6 nitrogen and oxygen atoms in total. The Morgan fingerprint density at radius 2 is 1.83 bits per heavy atom. The van der Waals surface area contributed by atoms with Crippen molar-refractivity contribution in [3.63, 3.8) is 0 Å². The van der Waals surface area contributed by atoms with E-state index in [1.807, 2.05) is 30.0 Å². The number of alkyl halides is 3. The minimum Gasteiger partial charge on any atom is -0.455 e. The number of rotatable bonds is 5. The first kappa shape index (κ1) is 23.3. The van der Waals surface area contributed by atoms with Crippen LogP contribution in [0.3, 0.4) is 0 Å². The average molecular weight is 502 g/mol. The number of aromatic nitrogens is 1. The summed E-state index contributed by atoms with van der Waals surface area (Å²) in [4.78, 5) is 20.8. The highest BCUT2D eigenvalue weighted by Crippen LogP contribution is 2.32. The molecule has 1 fully saturated rings. The second-order valence-corrected chi connectivity index (χ2v) is 9.26. The van der Waals surface area contributed by atoms with Gasteiger partial charge in [-0.2, -0.15) is 13.2 Å². The fourth-order valence-corrected chi connectivity index (χ4v) is 4.71. The summed E-state index contributed by atoms with van der Waals surface area (Å²) in [6, 6.07) is 14.5. The van der Waals surface area contributed by atoms with Gasteiger partial charge in [-0.15, -0.1) is 0 Å². The van der Waals surface area contributed by atoms with Gasteiger partial charge in [-0.3, -0.25) is 4.79 Å². The summed E-state index contributed by atoms with van der Waals surface area (Å²) < 4.78 is 50.6. The number of nitrogens with zero attached hydrogens (tertiary/aromatic N) is 3. The zero-order valence-corrected chi connectivity index (χ0v) is 19.7. The molecule has 2 aromatic heterocycles. The Hall–Kier alpha value is -3.40. The van der Waals surface area contributed by atoms with Crippen LogP contribution < -0.4 is 4.90 Å². The van der Waals surface area contributed by atoms with Crippen LogP contribution >= 0.6 is 11.8 Å². The lowest BCUT2D eigenvalue weighted by molar-refractivity contribution is -0.137. The highest BCUT2D eigenvalue weighted by atomic mass is 32.2. The van der Waals surface area contributed by atoms with E-state index in [0.717, 1.165) is 28.8 Å². The predicted molar refractivity (Wildman–Crippen MR) is 127 cm³/mol. The first-order valence-electron chi connectivity index (χ1n) is 11.1. The van der Waals surface area contributed by atoms with Gasteiger partial charge in [0.1, 0.15) is 11.3 Å². The smallest absolute Gasteiger partial charge is 0.416 e. The quantitative estimate of drug-likeness (QED) is 0.313. The zero-order valence-electron chi connectivity index (χ0n) is 18.8. The number of hydrogen-bond donors (Lipinski definition) is 0. The van der Waals surface area contributed by atoms with E-state index in [-0.39, 0.29) is 11.7 Å². The van der Waals surface area contributed by atoms with Crippen LogP contribution in [0.4, 0.5) is 18.9 Å². The predicted octanol–water partition coefficient (Wildman–Crippen LogP) is 6.00. The van der Waals surface area contributed by atoms with Crippen molar-refractivity contribution >= 4 is 34.5 Å². The van der Waals surface area contributed by atoms with Crippen LogP contribution in [0.2, 0.25) is 0 Å². The number of benzene rings is 2. The monoisotopic (exact) mass is 501 g/mol. The molecule has 3 heterocycles. The maximum atomic E-state index is 13.0. The number of carbonyl (C=O) groups is 1. The van der Waals surface area contributed by atoms with Gasteiger partial charge >= 0.3 is 6.18 Å². The minimum absolute atomic E-state index is 0.234. The molecule has 0 saturated carbocycles. The van der Waals surface area contributed by atoms with Crippen molar-refractivity contribution < 1.29 is 26.8 Å². The lowest BCUT2D eigenvalue weighted by atomic mass is 10.1. The van der Waals surface area contributed by atoms with E-state index in [1.165, 1.54) is 17.8 Å². The molecule has 0 radical (unpaired) electrons. The molecule has 1 saturated heterocycles. The Morgan fingerprint density at radius 3 is 2.60 bits per heavy atom. The Kier molecular flexibility index (Phi) is 6.22. The Bertz CT molecular complexity index is 1360. The molecule has 0 N–H and O–H groups in total.